The van der Waals surface area contributed by atoms with Crippen LogP contribution in [0.25, 0.3) is 0 Å². The second-order valence-electron chi connectivity index (χ2n) is 4.44. The van der Waals surface area contributed by atoms with Crippen LogP contribution in [-0.2, 0) is 6.54 Å². The molecule has 1 unspecified atom stereocenters. The Balaban J connectivity index is 1.98. The van der Waals surface area contributed by atoms with Crippen LogP contribution >= 0.6 is 12.2 Å². The Hall–Kier alpha value is -0.610. The fourth-order valence-corrected chi connectivity index (χ4v) is 2.62. The van der Waals surface area contributed by atoms with Crippen molar-refractivity contribution in [3.8, 4) is 0 Å². The Bertz CT molecular complexity index is 379. The number of nitrogens with one attached hydrogen (secondary N) is 1. The molecule has 1 atom stereocenters. The van der Waals surface area contributed by atoms with E-state index in [1.165, 1.54) is 26.1 Å². The summed E-state index contributed by atoms with van der Waals surface area (Å²) in [5, 5.41) is 0. The Morgan fingerprint density at radius 1 is 1.60 bits per heavy atom. The molecule has 0 amide bonds. The molecule has 1 aliphatic rings. The summed E-state index contributed by atoms with van der Waals surface area (Å²) in [6.07, 6.45) is 3.43. The topological polar surface area (TPSA) is 24.0 Å². The molecule has 1 aromatic rings. The number of aryl methyl sites for hydroxylation is 1. The summed E-state index contributed by atoms with van der Waals surface area (Å²) in [6, 6.07) is 0. The first kappa shape index (κ1) is 10.9. The van der Waals surface area contributed by atoms with E-state index >= 15 is 0 Å². The van der Waals surface area contributed by atoms with Crippen LogP contribution in [0.15, 0.2) is 6.20 Å². The predicted octanol–water partition coefficient (Wildman–Crippen LogP) is 2.20. The Morgan fingerprint density at radius 3 is 2.93 bits per heavy atom. The van der Waals surface area contributed by atoms with Crippen molar-refractivity contribution in [1.29, 1.82) is 0 Å². The third kappa shape index (κ3) is 2.49. The molecular weight excluding hydrogens is 206 g/mol. The molecule has 0 aromatic carbocycles. The van der Waals surface area contributed by atoms with E-state index in [1.54, 1.807) is 0 Å². The van der Waals surface area contributed by atoms with Crippen molar-refractivity contribution in [2.45, 2.75) is 26.8 Å². The van der Waals surface area contributed by atoms with E-state index in [1.807, 2.05) is 0 Å². The summed E-state index contributed by atoms with van der Waals surface area (Å²) in [6.45, 7) is 9.00. The zero-order valence-corrected chi connectivity index (χ0v) is 10.3. The molecule has 1 N–H and O–H groups in total. The minimum atomic E-state index is 0.770. The van der Waals surface area contributed by atoms with E-state index in [9.17, 15) is 0 Å². The highest BCUT2D eigenvalue weighted by Crippen LogP contribution is 2.18. The van der Waals surface area contributed by atoms with Gasteiger partial charge in [0.2, 0.25) is 0 Å². The van der Waals surface area contributed by atoms with Crippen LogP contribution in [0.5, 0.6) is 0 Å². The van der Waals surface area contributed by atoms with Gasteiger partial charge < -0.3 is 14.5 Å². The normalized spacial score (nSPS) is 22.4. The number of hydrogen-bond acceptors (Lipinski definition) is 2. The number of hydrogen-bond donors (Lipinski definition) is 1. The average molecular weight is 225 g/mol. The lowest BCUT2D eigenvalue weighted by molar-refractivity contribution is 0.332. The van der Waals surface area contributed by atoms with Crippen LogP contribution < -0.4 is 0 Å². The lowest BCUT2D eigenvalue weighted by Gasteiger charge is -2.13. The van der Waals surface area contributed by atoms with Crippen LogP contribution in [0.1, 0.15) is 19.0 Å². The average Bonchev–Trinajstić information content (AvgIpc) is 2.75. The van der Waals surface area contributed by atoms with Crippen molar-refractivity contribution in [1.82, 2.24) is 14.5 Å². The maximum absolute atomic E-state index is 5.26. The Labute approximate surface area is 96.1 Å². The fraction of sp³-hybridized carbons (Fsp3) is 0.727. The standard InChI is InChI=1S/C11H19N3S/c1-3-13-5-4-10(7-13)8-14-6-9(2)12-11(14)15/h6,10H,3-5,7-8H2,1-2H3,(H,12,15). The molecule has 2 heterocycles. The van der Waals surface area contributed by atoms with E-state index in [-0.39, 0.29) is 0 Å². The predicted molar refractivity (Wildman–Crippen MR) is 64.6 cm³/mol. The summed E-state index contributed by atoms with van der Waals surface area (Å²) in [5.41, 5.74) is 1.16. The van der Waals surface area contributed by atoms with Crippen molar-refractivity contribution >= 4 is 12.2 Å². The van der Waals surface area contributed by atoms with E-state index in [0.29, 0.717) is 0 Å². The molecule has 84 valence electrons. The van der Waals surface area contributed by atoms with Crippen molar-refractivity contribution < 1.29 is 0 Å². The highest BCUT2D eigenvalue weighted by Gasteiger charge is 2.21. The number of likely N-dealkylation sites (tertiary alicyclic amines) is 1. The summed E-state index contributed by atoms with van der Waals surface area (Å²) in [7, 11) is 0. The van der Waals surface area contributed by atoms with Crippen LogP contribution in [-0.4, -0.2) is 34.1 Å². The zero-order chi connectivity index (χ0) is 10.8. The van der Waals surface area contributed by atoms with Gasteiger partial charge in [-0.1, -0.05) is 6.92 Å². The third-order valence-corrected chi connectivity index (χ3v) is 3.52. The van der Waals surface area contributed by atoms with Gasteiger partial charge in [-0.2, -0.15) is 0 Å². The molecule has 0 bridgehead atoms. The van der Waals surface area contributed by atoms with Crippen molar-refractivity contribution in [2.24, 2.45) is 5.92 Å². The molecular formula is C11H19N3S. The van der Waals surface area contributed by atoms with Gasteiger partial charge in [0.05, 0.1) is 0 Å². The molecule has 0 aliphatic carbocycles. The Morgan fingerprint density at radius 2 is 2.40 bits per heavy atom. The summed E-state index contributed by atoms with van der Waals surface area (Å²) < 4.78 is 3.04. The van der Waals surface area contributed by atoms with E-state index < -0.39 is 0 Å². The number of H-pyrrole nitrogens is 1. The molecule has 1 saturated heterocycles. The SMILES string of the molecule is CCN1CCC(Cn2cc(C)[nH]c2=S)C1. The van der Waals surface area contributed by atoms with Gasteiger partial charge in [-0.05, 0) is 44.6 Å². The monoisotopic (exact) mass is 225 g/mol. The van der Waals surface area contributed by atoms with Gasteiger partial charge in [0.15, 0.2) is 4.77 Å². The van der Waals surface area contributed by atoms with Crippen LogP contribution in [0.3, 0.4) is 0 Å². The summed E-state index contributed by atoms with van der Waals surface area (Å²) in [5.74, 6) is 0.770. The van der Waals surface area contributed by atoms with Crippen LogP contribution in [0.2, 0.25) is 0 Å². The number of imidazole rings is 1. The minimum Gasteiger partial charge on any atom is -0.335 e. The van der Waals surface area contributed by atoms with E-state index in [0.717, 1.165) is 22.9 Å². The molecule has 0 radical (unpaired) electrons. The minimum absolute atomic E-state index is 0.770. The number of aromatic amines is 1. The van der Waals surface area contributed by atoms with Gasteiger partial charge in [0.25, 0.3) is 0 Å². The smallest absolute Gasteiger partial charge is 0.177 e. The summed E-state index contributed by atoms with van der Waals surface area (Å²) >= 11 is 5.26. The lowest BCUT2D eigenvalue weighted by atomic mass is 10.1. The maximum atomic E-state index is 5.26. The van der Waals surface area contributed by atoms with Gasteiger partial charge in [0.1, 0.15) is 0 Å². The molecule has 0 saturated carbocycles. The molecule has 1 aliphatic heterocycles. The second-order valence-corrected chi connectivity index (χ2v) is 4.83. The second kappa shape index (κ2) is 4.49. The first-order chi connectivity index (χ1) is 7.19. The Kier molecular flexibility index (Phi) is 3.26. The van der Waals surface area contributed by atoms with E-state index in [2.05, 4.69) is 34.5 Å². The first-order valence-corrected chi connectivity index (χ1v) is 6.08. The van der Waals surface area contributed by atoms with Crippen LogP contribution in [0, 0.1) is 17.6 Å². The maximum Gasteiger partial charge on any atom is 0.177 e. The van der Waals surface area contributed by atoms with E-state index in [4.69, 9.17) is 12.2 Å². The summed E-state index contributed by atoms with van der Waals surface area (Å²) in [4.78, 5) is 5.68. The molecule has 3 nitrogen and oxygen atoms in total. The largest absolute Gasteiger partial charge is 0.335 e. The van der Waals surface area contributed by atoms with Gasteiger partial charge in [-0.25, -0.2) is 0 Å². The van der Waals surface area contributed by atoms with Crippen molar-refractivity contribution in [2.75, 3.05) is 19.6 Å². The molecule has 2 rings (SSSR count). The molecule has 0 spiro atoms. The van der Waals surface area contributed by atoms with Crippen molar-refractivity contribution in [3.63, 3.8) is 0 Å². The van der Waals surface area contributed by atoms with Gasteiger partial charge in [-0.15, -0.1) is 0 Å². The third-order valence-electron chi connectivity index (χ3n) is 3.19. The van der Waals surface area contributed by atoms with Crippen molar-refractivity contribution in [3.05, 3.63) is 16.7 Å². The number of rotatable bonds is 3. The lowest BCUT2D eigenvalue weighted by Crippen LogP contribution is -2.21. The quantitative estimate of drug-likeness (QED) is 0.797. The molecule has 4 heteroatoms. The van der Waals surface area contributed by atoms with Gasteiger partial charge in [0, 0.05) is 25.0 Å². The fourth-order valence-electron chi connectivity index (χ4n) is 2.33. The first-order valence-electron chi connectivity index (χ1n) is 5.67. The van der Waals surface area contributed by atoms with Crippen LogP contribution in [0.4, 0.5) is 0 Å². The zero-order valence-electron chi connectivity index (χ0n) is 9.49. The molecule has 1 fully saturated rings. The molecule has 15 heavy (non-hydrogen) atoms. The number of nitrogens with zero attached hydrogens (tertiary/aromatic N) is 2. The molecule has 1 aromatic heterocycles. The van der Waals surface area contributed by atoms with Gasteiger partial charge >= 0.3 is 0 Å². The number of aromatic nitrogens is 2. The van der Waals surface area contributed by atoms with Gasteiger partial charge in [-0.3, -0.25) is 0 Å². The highest BCUT2D eigenvalue weighted by molar-refractivity contribution is 7.71. The highest BCUT2D eigenvalue weighted by atomic mass is 32.1.